The van der Waals surface area contributed by atoms with Crippen LogP contribution in [-0.2, 0) is 14.3 Å². The van der Waals surface area contributed by atoms with Crippen LogP contribution in [0.5, 0.6) is 0 Å². The largest absolute Gasteiger partial charge is 0.479 e. The van der Waals surface area contributed by atoms with Gasteiger partial charge >= 0.3 is 11.9 Å². The van der Waals surface area contributed by atoms with Crippen molar-refractivity contribution in [2.24, 2.45) is 0 Å². The molecule has 5 heteroatoms. The SMILES string of the molecule is C[C@H](OC(=O)[C@@H](C)c1cccc(C(=O)c2ccccc2)c1)C(=O)O. The first-order valence-corrected chi connectivity index (χ1v) is 7.53. The highest BCUT2D eigenvalue weighted by Crippen LogP contribution is 2.20. The van der Waals surface area contributed by atoms with E-state index in [9.17, 15) is 14.4 Å². The van der Waals surface area contributed by atoms with Crippen LogP contribution in [0.1, 0.15) is 41.3 Å². The number of rotatable bonds is 6. The Balaban J connectivity index is 2.19. The van der Waals surface area contributed by atoms with Crippen molar-refractivity contribution in [3.8, 4) is 0 Å². The Bertz CT molecular complexity index is 751. The zero-order chi connectivity index (χ0) is 17.7. The predicted octanol–water partition coefficient (Wildman–Crippen LogP) is 3.04. The van der Waals surface area contributed by atoms with Crippen molar-refractivity contribution in [2.75, 3.05) is 0 Å². The van der Waals surface area contributed by atoms with E-state index in [0.717, 1.165) is 0 Å². The molecule has 0 heterocycles. The molecule has 2 aromatic rings. The summed E-state index contributed by atoms with van der Waals surface area (Å²) in [4.78, 5) is 35.3. The van der Waals surface area contributed by atoms with E-state index in [0.29, 0.717) is 16.7 Å². The molecule has 0 fully saturated rings. The predicted molar refractivity (Wildman–Crippen MR) is 87.9 cm³/mol. The minimum absolute atomic E-state index is 0.142. The third-order valence-electron chi connectivity index (χ3n) is 3.68. The van der Waals surface area contributed by atoms with E-state index in [1.54, 1.807) is 55.5 Å². The molecule has 124 valence electrons. The smallest absolute Gasteiger partial charge is 0.344 e. The van der Waals surface area contributed by atoms with Crippen molar-refractivity contribution in [3.05, 3.63) is 71.3 Å². The quantitative estimate of drug-likeness (QED) is 0.652. The summed E-state index contributed by atoms with van der Waals surface area (Å²) >= 11 is 0. The van der Waals surface area contributed by atoms with Crippen molar-refractivity contribution >= 4 is 17.7 Å². The molecule has 0 aliphatic rings. The lowest BCUT2D eigenvalue weighted by Crippen LogP contribution is -2.26. The van der Waals surface area contributed by atoms with Crippen molar-refractivity contribution < 1.29 is 24.2 Å². The van der Waals surface area contributed by atoms with Gasteiger partial charge in [-0.05, 0) is 25.5 Å². The third-order valence-corrected chi connectivity index (χ3v) is 3.68. The van der Waals surface area contributed by atoms with Crippen LogP contribution in [0.4, 0.5) is 0 Å². The maximum atomic E-state index is 12.5. The highest BCUT2D eigenvalue weighted by molar-refractivity contribution is 6.09. The second kappa shape index (κ2) is 7.55. The first-order valence-electron chi connectivity index (χ1n) is 7.53. The molecule has 5 nitrogen and oxygen atoms in total. The number of carboxylic acids is 1. The van der Waals surface area contributed by atoms with Gasteiger partial charge in [-0.1, -0.05) is 48.5 Å². The minimum atomic E-state index is -1.21. The zero-order valence-corrected chi connectivity index (χ0v) is 13.4. The van der Waals surface area contributed by atoms with E-state index in [4.69, 9.17) is 9.84 Å². The van der Waals surface area contributed by atoms with Gasteiger partial charge in [0.1, 0.15) is 0 Å². The number of benzene rings is 2. The van der Waals surface area contributed by atoms with Gasteiger partial charge in [0.05, 0.1) is 5.92 Å². The van der Waals surface area contributed by atoms with Gasteiger partial charge in [-0.25, -0.2) is 4.79 Å². The number of hydrogen-bond acceptors (Lipinski definition) is 4. The van der Waals surface area contributed by atoms with Crippen LogP contribution in [0.2, 0.25) is 0 Å². The summed E-state index contributed by atoms with van der Waals surface area (Å²) in [7, 11) is 0. The van der Waals surface area contributed by atoms with Gasteiger partial charge in [-0.2, -0.15) is 0 Å². The minimum Gasteiger partial charge on any atom is -0.479 e. The van der Waals surface area contributed by atoms with Crippen LogP contribution < -0.4 is 0 Å². The molecule has 0 amide bonds. The molecule has 2 rings (SSSR count). The first-order chi connectivity index (χ1) is 11.4. The third kappa shape index (κ3) is 4.07. The van der Waals surface area contributed by atoms with Crippen LogP contribution in [0.3, 0.4) is 0 Å². The number of ether oxygens (including phenoxy) is 1. The van der Waals surface area contributed by atoms with Crippen molar-refractivity contribution in [3.63, 3.8) is 0 Å². The molecule has 0 spiro atoms. The highest BCUT2D eigenvalue weighted by atomic mass is 16.6. The van der Waals surface area contributed by atoms with E-state index in [1.165, 1.54) is 6.92 Å². The van der Waals surface area contributed by atoms with Gasteiger partial charge < -0.3 is 9.84 Å². The molecular formula is C19H18O5. The second-order valence-electron chi connectivity index (χ2n) is 5.46. The zero-order valence-electron chi connectivity index (χ0n) is 13.4. The fourth-order valence-electron chi connectivity index (χ4n) is 2.17. The molecule has 0 radical (unpaired) electrons. The summed E-state index contributed by atoms with van der Waals surface area (Å²) in [5.74, 6) is -2.66. The Labute approximate surface area is 139 Å². The van der Waals surface area contributed by atoms with E-state index in [-0.39, 0.29) is 5.78 Å². The maximum Gasteiger partial charge on any atom is 0.344 e. The summed E-state index contributed by atoms with van der Waals surface area (Å²) in [6.07, 6.45) is -1.21. The second-order valence-corrected chi connectivity index (χ2v) is 5.46. The average molecular weight is 326 g/mol. The molecule has 0 aliphatic carbocycles. The lowest BCUT2D eigenvalue weighted by Gasteiger charge is -2.15. The fourth-order valence-corrected chi connectivity index (χ4v) is 2.17. The van der Waals surface area contributed by atoms with Crippen LogP contribution >= 0.6 is 0 Å². The van der Waals surface area contributed by atoms with Gasteiger partial charge in [0, 0.05) is 11.1 Å². The van der Waals surface area contributed by atoms with E-state index in [1.807, 2.05) is 6.07 Å². The lowest BCUT2D eigenvalue weighted by atomic mass is 9.96. The summed E-state index contributed by atoms with van der Waals surface area (Å²) in [6, 6.07) is 15.5. The van der Waals surface area contributed by atoms with Gasteiger partial charge in [-0.15, -0.1) is 0 Å². The van der Waals surface area contributed by atoms with Crippen molar-refractivity contribution in [1.29, 1.82) is 0 Å². The number of esters is 1. The maximum absolute atomic E-state index is 12.5. The first kappa shape index (κ1) is 17.4. The summed E-state index contributed by atoms with van der Waals surface area (Å²) in [6.45, 7) is 2.91. The normalized spacial score (nSPS) is 12.9. The highest BCUT2D eigenvalue weighted by Gasteiger charge is 2.23. The standard InChI is InChI=1S/C19H18O5/c1-12(19(23)24-13(2)18(21)22)15-9-6-10-16(11-15)17(20)14-7-4-3-5-8-14/h3-13H,1-2H3,(H,21,22)/t12-,13-/m0/s1. The number of carbonyl (C=O) groups is 3. The van der Waals surface area contributed by atoms with E-state index >= 15 is 0 Å². The molecule has 0 aliphatic heterocycles. The molecule has 0 saturated carbocycles. The number of aliphatic carboxylic acids is 1. The van der Waals surface area contributed by atoms with Crippen LogP contribution in [0.15, 0.2) is 54.6 Å². The summed E-state index contributed by atoms with van der Waals surface area (Å²) in [5.41, 5.74) is 1.62. The van der Waals surface area contributed by atoms with Crippen LogP contribution in [0, 0.1) is 0 Å². The monoisotopic (exact) mass is 326 g/mol. The Morgan fingerprint density at radius 2 is 1.54 bits per heavy atom. The Morgan fingerprint density at radius 1 is 0.917 bits per heavy atom. The van der Waals surface area contributed by atoms with Gasteiger partial charge in [0.15, 0.2) is 11.9 Å². The Kier molecular flexibility index (Phi) is 5.47. The molecular weight excluding hydrogens is 308 g/mol. The van der Waals surface area contributed by atoms with Gasteiger partial charge in [0.2, 0.25) is 0 Å². The Morgan fingerprint density at radius 3 is 2.17 bits per heavy atom. The molecule has 0 bridgehead atoms. The lowest BCUT2D eigenvalue weighted by molar-refractivity contribution is -0.163. The van der Waals surface area contributed by atoms with Crippen molar-refractivity contribution in [2.45, 2.75) is 25.9 Å². The Hall–Kier alpha value is -2.95. The molecule has 0 aromatic heterocycles. The average Bonchev–Trinajstić information content (AvgIpc) is 2.61. The topological polar surface area (TPSA) is 80.7 Å². The molecule has 2 aromatic carbocycles. The van der Waals surface area contributed by atoms with E-state index in [2.05, 4.69) is 0 Å². The van der Waals surface area contributed by atoms with Gasteiger partial charge in [0.25, 0.3) is 0 Å². The number of hydrogen-bond donors (Lipinski definition) is 1. The summed E-state index contributed by atoms with van der Waals surface area (Å²) in [5, 5.41) is 8.80. The summed E-state index contributed by atoms with van der Waals surface area (Å²) < 4.78 is 4.89. The molecule has 1 N–H and O–H groups in total. The molecule has 0 unspecified atom stereocenters. The number of ketones is 1. The van der Waals surface area contributed by atoms with Crippen LogP contribution in [0.25, 0.3) is 0 Å². The molecule has 24 heavy (non-hydrogen) atoms. The van der Waals surface area contributed by atoms with Crippen LogP contribution in [-0.4, -0.2) is 28.9 Å². The number of carbonyl (C=O) groups excluding carboxylic acids is 2. The van der Waals surface area contributed by atoms with Crippen molar-refractivity contribution in [1.82, 2.24) is 0 Å². The van der Waals surface area contributed by atoms with E-state index < -0.39 is 24.0 Å². The number of carboxylic acid groups (broad SMARTS) is 1. The molecule has 2 atom stereocenters. The fraction of sp³-hybridized carbons (Fsp3) is 0.211. The molecule has 0 saturated heterocycles. The van der Waals surface area contributed by atoms with Gasteiger partial charge in [-0.3, -0.25) is 9.59 Å².